The molecule has 0 aliphatic rings. The van der Waals surface area contributed by atoms with Crippen LogP contribution in [-0.4, -0.2) is 9.78 Å². The third-order valence-electron chi connectivity index (χ3n) is 1.85. The van der Waals surface area contributed by atoms with E-state index in [1.165, 1.54) is 0 Å². The summed E-state index contributed by atoms with van der Waals surface area (Å²) in [4.78, 5) is 0. The molecule has 0 aliphatic heterocycles. The SMILES string of the molecule is NCn1cc(Oc2ccc(Br)cc2)cn1. The van der Waals surface area contributed by atoms with Crippen LogP contribution in [-0.2, 0) is 6.67 Å². The van der Waals surface area contributed by atoms with E-state index in [0.29, 0.717) is 12.4 Å². The summed E-state index contributed by atoms with van der Waals surface area (Å²) < 4.78 is 8.18. The molecule has 2 rings (SSSR count). The van der Waals surface area contributed by atoms with E-state index < -0.39 is 0 Å². The third kappa shape index (κ3) is 2.57. The zero-order chi connectivity index (χ0) is 10.7. The second kappa shape index (κ2) is 4.46. The van der Waals surface area contributed by atoms with Gasteiger partial charge in [0.2, 0.25) is 0 Å². The molecular formula is C10H10BrN3O. The van der Waals surface area contributed by atoms with Crippen LogP contribution in [0.2, 0.25) is 0 Å². The molecule has 78 valence electrons. The molecule has 0 saturated carbocycles. The van der Waals surface area contributed by atoms with Gasteiger partial charge in [0, 0.05) is 4.47 Å². The van der Waals surface area contributed by atoms with Crippen molar-refractivity contribution in [3.63, 3.8) is 0 Å². The summed E-state index contributed by atoms with van der Waals surface area (Å²) in [5.41, 5.74) is 5.42. The van der Waals surface area contributed by atoms with E-state index in [1.54, 1.807) is 17.1 Å². The average Bonchev–Trinajstić information content (AvgIpc) is 2.69. The van der Waals surface area contributed by atoms with Gasteiger partial charge in [0.05, 0.1) is 19.1 Å². The van der Waals surface area contributed by atoms with Gasteiger partial charge < -0.3 is 10.5 Å². The van der Waals surface area contributed by atoms with Crippen LogP contribution in [0.15, 0.2) is 41.1 Å². The molecule has 5 heteroatoms. The highest BCUT2D eigenvalue weighted by atomic mass is 79.9. The first-order valence-electron chi connectivity index (χ1n) is 4.44. The Morgan fingerprint density at radius 2 is 2.00 bits per heavy atom. The maximum atomic E-state index is 5.56. The highest BCUT2D eigenvalue weighted by Gasteiger charge is 1.99. The second-order valence-electron chi connectivity index (χ2n) is 2.95. The van der Waals surface area contributed by atoms with E-state index in [4.69, 9.17) is 10.5 Å². The van der Waals surface area contributed by atoms with Crippen molar-refractivity contribution in [2.75, 3.05) is 0 Å². The Hall–Kier alpha value is -1.33. The van der Waals surface area contributed by atoms with E-state index in [2.05, 4.69) is 21.0 Å². The number of hydrogen-bond acceptors (Lipinski definition) is 3. The first-order valence-corrected chi connectivity index (χ1v) is 5.23. The fraction of sp³-hybridized carbons (Fsp3) is 0.100. The summed E-state index contributed by atoms with van der Waals surface area (Å²) in [6.07, 6.45) is 3.39. The molecule has 0 unspecified atom stereocenters. The van der Waals surface area contributed by atoms with Crippen molar-refractivity contribution >= 4 is 15.9 Å². The van der Waals surface area contributed by atoms with Crippen LogP contribution in [0.1, 0.15) is 0 Å². The minimum atomic E-state index is 0.351. The standard InChI is InChI=1S/C10H10BrN3O/c11-8-1-3-9(4-2-8)15-10-5-13-14(6-10)7-12/h1-6H,7,12H2. The smallest absolute Gasteiger partial charge is 0.165 e. The molecule has 2 N–H and O–H groups in total. The Morgan fingerprint density at radius 3 is 2.60 bits per heavy atom. The van der Waals surface area contributed by atoms with Crippen LogP contribution < -0.4 is 10.5 Å². The molecule has 0 bridgehead atoms. The van der Waals surface area contributed by atoms with Gasteiger partial charge in [-0.25, -0.2) is 0 Å². The number of halogens is 1. The summed E-state index contributed by atoms with van der Waals surface area (Å²) >= 11 is 3.36. The predicted octanol–water partition coefficient (Wildman–Crippen LogP) is 2.35. The molecule has 1 aromatic carbocycles. The van der Waals surface area contributed by atoms with E-state index in [1.807, 2.05) is 24.3 Å². The van der Waals surface area contributed by atoms with Gasteiger partial charge in [-0.15, -0.1) is 0 Å². The highest BCUT2D eigenvalue weighted by molar-refractivity contribution is 9.10. The van der Waals surface area contributed by atoms with Crippen molar-refractivity contribution in [1.29, 1.82) is 0 Å². The van der Waals surface area contributed by atoms with Gasteiger partial charge in [-0.1, -0.05) is 15.9 Å². The fourth-order valence-electron chi connectivity index (χ4n) is 1.14. The maximum absolute atomic E-state index is 5.56. The van der Waals surface area contributed by atoms with Crippen LogP contribution in [0.5, 0.6) is 11.5 Å². The molecule has 0 saturated heterocycles. The van der Waals surface area contributed by atoms with Crippen LogP contribution in [0, 0.1) is 0 Å². The number of aromatic nitrogens is 2. The Balaban J connectivity index is 2.11. The maximum Gasteiger partial charge on any atom is 0.165 e. The molecule has 1 aromatic heterocycles. The largest absolute Gasteiger partial charge is 0.454 e. The first-order chi connectivity index (χ1) is 7.28. The zero-order valence-corrected chi connectivity index (χ0v) is 9.52. The fourth-order valence-corrected chi connectivity index (χ4v) is 1.40. The summed E-state index contributed by atoms with van der Waals surface area (Å²) in [6.45, 7) is 0.351. The molecule has 0 amide bonds. The number of ether oxygens (including phenoxy) is 1. The number of hydrogen-bond donors (Lipinski definition) is 1. The molecule has 15 heavy (non-hydrogen) atoms. The third-order valence-corrected chi connectivity index (χ3v) is 2.37. The molecular weight excluding hydrogens is 258 g/mol. The van der Waals surface area contributed by atoms with E-state index in [-0.39, 0.29) is 0 Å². The van der Waals surface area contributed by atoms with Crippen LogP contribution in [0.4, 0.5) is 0 Å². The molecule has 0 aliphatic carbocycles. The van der Waals surface area contributed by atoms with Gasteiger partial charge in [-0.2, -0.15) is 5.10 Å². The predicted molar refractivity (Wildman–Crippen MR) is 60.6 cm³/mol. The van der Waals surface area contributed by atoms with E-state index in [0.717, 1.165) is 10.2 Å². The monoisotopic (exact) mass is 267 g/mol. The number of benzene rings is 1. The van der Waals surface area contributed by atoms with Gasteiger partial charge in [0.15, 0.2) is 5.75 Å². The lowest BCUT2D eigenvalue weighted by Gasteiger charge is -2.01. The van der Waals surface area contributed by atoms with E-state index in [9.17, 15) is 0 Å². The highest BCUT2D eigenvalue weighted by Crippen LogP contribution is 2.22. The van der Waals surface area contributed by atoms with Crippen molar-refractivity contribution in [3.05, 3.63) is 41.1 Å². The quantitative estimate of drug-likeness (QED) is 0.929. The summed E-state index contributed by atoms with van der Waals surface area (Å²) in [6, 6.07) is 7.60. The summed E-state index contributed by atoms with van der Waals surface area (Å²) in [5, 5.41) is 4.01. The lowest BCUT2D eigenvalue weighted by Crippen LogP contribution is -2.06. The average molecular weight is 268 g/mol. The van der Waals surface area contributed by atoms with Gasteiger partial charge >= 0.3 is 0 Å². The molecule has 1 heterocycles. The summed E-state index contributed by atoms with van der Waals surface area (Å²) in [5.74, 6) is 1.46. The lowest BCUT2D eigenvalue weighted by molar-refractivity contribution is 0.481. The van der Waals surface area contributed by atoms with Gasteiger partial charge in [0.25, 0.3) is 0 Å². The number of rotatable bonds is 3. The Kier molecular flexibility index (Phi) is 3.03. The molecule has 4 nitrogen and oxygen atoms in total. The Bertz CT molecular complexity index is 438. The minimum absolute atomic E-state index is 0.351. The van der Waals surface area contributed by atoms with Crippen molar-refractivity contribution in [2.24, 2.45) is 5.73 Å². The van der Waals surface area contributed by atoms with Gasteiger partial charge in [-0.3, -0.25) is 4.68 Å². The molecule has 0 fully saturated rings. The first kappa shape index (κ1) is 10.2. The van der Waals surface area contributed by atoms with Crippen molar-refractivity contribution < 1.29 is 4.74 Å². The molecule has 0 radical (unpaired) electrons. The van der Waals surface area contributed by atoms with Crippen LogP contribution in [0.25, 0.3) is 0 Å². The van der Waals surface area contributed by atoms with Crippen molar-refractivity contribution in [1.82, 2.24) is 9.78 Å². The van der Waals surface area contributed by atoms with Crippen molar-refractivity contribution in [2.45, 2.75) is 6.67 Å². The number of nitrogens with two attached hydrogens (primary N) is 1. The number of nitrogens with zero attached hydrogens (tertiary/aromatic N) is 2. The normalized spacial score (nSPS) is 10.3. The topological polar surface area (TPSA) is 53.1 Å². The van der Waals surface area contributed by atoms with E-state index >= 15 is 0 Å². The van der Waals surface area contributed by atoms with Gasteiger partial charge in [-0.05, 0) is 24.3 Å². The van der Waals surface area contributed by atoms with Crippen molar-refractivity contribution in [3.8, 4) is 11.5 Å². The van der Waals surface area contributed by atoms with Crippen LogP contribution >= 0.6 is 15.9 Å². The zero-order valence-electron chi connectivity index (χ0n) is 7.93. The van der Waals surface area contributed by atoms with Crippen LogP contribution in [0.3, 0.4) is 0 Å². The second-order valence-corrected chi connectivity index (χ2v) is 3.87. The minimum Gasteiger partial charge on any atom is -0.454 e. The lowest BCUT2D eigenvalue weighted by atomic mass is 10.3. The Morgan fingerprint density at radius 1 is 1.27 bits per heavy atom. The molecule has 2 aromatic rings. The summed E-state index contributed by atoms with van der Waals surface area (Å²) in [7, 11) is 0. The Labute approximate surface area is 95.8 Å². The van der Waals surface area contributed by atoms with Gasteiger partial charge in [0.1, 0.15) is 5.75 Å². The molecule has 0 atom stereocenters. The molecule has 0 spiro atoms.